The first kappa shape index (κ1) is 13.8. The fraction of sp³-hybridized carbons (Fsp3) is 0.929. The molecule has 18 heavy (non-hydrogen) atoms. The van der Waals surface area contributed by atoms with Crippen molar-refractivity contribution in [3.63, 3.8) is 0 Å². The molecule has 4 nitrogen and oxygen atoms in total. The molecule has 2 unspecified atom stereocenters. The number of carbonyl (C=O) groups is 1. The molecule has 2 aliphatic rings. The van der Waals surface area contributed by atoms with E-state index in [1.165, 1.54) is 0 Å². The Morgan fingerprint density at radius 3 is 2.83 bits per heavy atom. The van der Waals surface area contributed by atoms with Crippen molar-refractivity contribution in [2.45, 2.75) is 52.1 Å². The van der Waals surface area contributed by atoms with E-state index in [0.29, 0.717) is 19.1 Å². The minimum Gasteiger partial charge on any atom is -0.378 e. The lowest BCUT2D eigenvalue weighted by Gasteiger charge is -2.36. The summed E-state index contributed by atoms with van der Waals surface area (Å²) in [5, 5.41) is 3.35. The van der Waals surface area contributed by atoms with E-state index in [2.05, 4.69) is 31.0 Å². The van der Waals surface area contributed by atoms with Crippen LogP contribution in [0.5, 0.6) is 0 Å². The van der Waals surface area contributed by atoms with Crippen LogP contribution in [0.4, 0.5) is 0 Å². The largest absolute Gasteiger partial charge is 0.378 e. The average molecular weight is 254 g/mol. The molecule has 0 aromatic carbocycles. The summed E-state index contributed by atoms with van der Waals surface area (Å²) in [6.45, 7) is 9.90. The first-order valence-electron chi connectivity index (χ1n) is 7.09. The second-order valence-electron chi connectivity index (χ2n) is 6.54. The Morgan fingerprint density at radius 2 is 2.22 bits per heavy atom. The van der Waals surface area contributed by atoms with E-state index < -0.39 is 0 Å². The first-order valence-corrected chi connectivity index (χ1v) is 7.09. The Kier molecular flexibility index (Phi) is 4.28. The van der Waals surface area contributed by atoms with Gasteiger partial charge in [0.05, 0.1) is 13.2 Å². The molecule has 0 spiro atoms. The molecule has 2 atom stereocenters. The van der Waals surface area contributed by atoms with Crippen LogP contribution in [-0.4, -0.2) is 49.2 Å². The average Bonchev–Trinajstić information content (AvgIpc) is 2.79. The molecule has 4 heteroatoms. The van der Waals surface area contributed by atoms with Crippen molar-refractivity contribution in [3.05, 3.63) is 0 Å². The van der Waals surface area contributed by atoms with Gasteiger partial charge in [0, 0.05) is 31.6 Å². The van der Waals surface area contributed by atoms with Crippen LogP contribution in [0.15, 0.2) is 0 Å². The lowest BCUT2D eigenvalue weighted by molar-refractivity contribution is -0.135. The highest BCUT2D eigenvalue weighted by Gasteiger charge is 2.37. The zero-order valence-corrected chi connectivity index (χ0v) is 11.9. The van der Waals surface area contributed by atoms with E-state index in [9.17, 15) is 4.79 Å². The Labute approximate surface area is 110 Å². The highest BCUT2D eigenvalue weighted by molar-refractivity contribution is 5.77. The van der Waals surface area contributed by atoms with Gasteiger partial charge in [0.25, 0.3) is 0 Å². The third-order valence-electron chi connectivity index (χ3n) is 3.99. The molecule has 0 saturated carbocycles. The molecule has 2 heterocycles. The van der Waals surface area contributed by atoms with Crippen LogP contribution in [0.2, 0.25) is 0 Å². The fourth-order valence-electron chi connectivity index (χ4n) is 3.04. The number of hydrogen-bond donors (Lipinski definition) is 1. The van der Waals surface area contributed by atoms with Crippen LogP contribution in [0.25, 0.3) is 0 Å². The molecule has 0 radical (unpaired) electrons. The minimum atomic E-state index is 0.183. The Bertz CT molecular complexity index is 293. The second kappa shape index (κ2) is 5.57. The van der Waals surface area contributed by atoms with Gasteiger partial charge in [-0.15, -0.1) is 0 Å². The van der Waals surface area contributed by atoms with Crippen molar-refractivity contribution in [1.29, 1.82) is 0 Å². The van der Waals surface area contributed by atoms with E-state index >= 15 is 0 Å². The molecule has 0 bridgehead atoms. The van der Waals surface area contributed by atoms with Gasteiger partial charge in [-0.3, -0.25) is 4.79 Å². The molecule has 1 amide bonds. The van der Waals surface area contributed by atoms with Crippen LogP contribution in [0, 0.1) is 5.41 Å². The Balaban J connectivity index is 1.91. The van der Waals surface area contributed by atoms with Gasteiger partial charge in [-0.2, -0.15) is 0 Å². The first-order chi connectivity index (χ1) is 8.48. The highest BCUT2D eigenvalue weighted by atomic mass is 16.5. The standard InChI is InChI=1S/C14H26N2O2/c1-14(2,3)12-5-4-7-16(12)13(17)9-11-10-18-8-6-15-11/h11-12,15H,4-10H2,1-3H3. The predicted molar refractivity (Wildman–Crippen MR) is 71.4 cm³/mol. The number of likely N-dealkylation sites (tertiary alicyclic amines) is 1. The van der Waals surface area contributed by atoms with Crippen LogP contribution < -0.4 is 5.32 Å². The quantitative estimate of drug-likeness (QED) is 0.810. The molecule has 2 fully saturated rings. The number of carbonyl (C=O) groups excluding carboxylic acids is 1. The lowest BCUT2D eigenvalue weighted by atomic mass is 9.85. The minimum absolute atomic E-state index is 0.183. The number of morpholine rings is 1. The smallest absolute Gasteiger partial charge is 0.224 e. The molecular weight excluding hydrogens is 228 g/mol. The van der Waals surface area contributed by atoms with Crippen molar-refractivity contribution in [2.75, 3.05) is 26.3 Å². The molecule has 0 aliphatic carbocycles. The van der Waals surface area contributed by atoms with Crippen molar-refractivity contribution in [3.8, 4) is 0 Å². The normalized spacial score (nSPS) is 29.6. The van der Waals surface area contributed by atoms with Gasteiger partial charge < -0.3 is 15.0 Å². The summed E-state index contributed by atoms with van der Waals surface area (Å²) in [5.41, 5.74) is 0.183. The highest BCUT2D eigenvalue weighted by Crippen LogP contribution is 2.33. The van der Waals surface area contributed by atoms with E-state index in [1.807, 2.05) is 0 Å². The van der Waals surface area contributed by atoms with Crippen molar-refractivity contribution in [2.24, 2.45) is 5.41 Å². The number of nitrogens with one attached hydrogen (secondary N) is 1. The summed E-state index contributed by atoms with van der Waals surface area (Å²) < 4.78 is 5.41. The Hall–Kier alpha value is -0.610. The van der Waals surface area contributed by atoms with Crippen molar-refractivity contribution >= 4 is 5.91 Å². The summed E-state index contributed by atoms with van der Waals surface area (Å²) in [6.07, 6.45) is 2.86. The Morgan fingerprint density at radius 1 is 1.44 bits per heavy atom. The van der Waals surface area contributed by atoms with E-state index in [4.69, 9.17) is 4.74 Å². The second-order valence-corrected chi connectivity index (χ2v) is 6.54. The molecule has 2 rings (SSSR count). The molecule has 0 aromatic rings. The molecular formula is C14H26N2O2. The van der Waals surface area contributed by atoms with Gasteiger partial charge in [-0.05, 0) is 18.3 Å². The number of rotatable bonds is 2. The van der Waals surface area contributed by atoms with E-state index in [1.54, 1.807) is 0 Å². The van der Waals surface area contributed by atoms with E-state index in [0.717, 1.165) is 32.5 Å². The summed E-state index contributed by atoms with van der Waals surface area (Å²) in [6, 6.07) is 0.599. The number of hydrogen-bond acceptors (Lipinski definition) is 3. The summed E-state index contributed by atoms with van der Waals surface area (Å²) >= 11 is 0. The summed E-state index contributed by atoms with van der Waals surface area (Å²) in [5.74, 6) is 0.287. The number of ether oxygens (including phenoxy) is 1. The molecule has 104 valence electrons. The van der Waals surface area contributed by atoms with Gasteiger partial charge in [0.2, 0.25) is 5.91 Å². The maximum atomic E-state index is 12.4. The van der Waals surface area contributed by atoms with Gasteiger partial charge >= 0.3 is 0 Å². The summed E-state index contributed by atoms with van der Waals surface area (Å²) in [7, 11) is 0. The molecule has 2 saturated heterocycles. The summed E-state index contributed by atoms with van der Waals surface area (Å²) in [4.78, 5) is 14.5. The molecule has 2 aliphatic heterocycles. The van der Waals surface area contributed by atoms with Crippen LogP contribution >= 0.6 is 0 Å². The van der Waals surface area contributed by atoms with Crippen LogP contribution in [-0.2, 0) is 9.53 Å². The zero-order valence-electron chi connectivity index (χ0n) is 11.9. The SMILES string of the molecule is CC(C)(C)C1CCCN1C(=O)CC1COCCN1. The van der Waals surface area contributed by atoms with E-state index in [-0.39, 0.29) is 17.4 Å². The maximum Gasteiger partial charge on any atom is 0.224 e. The third kappa shape index (κ3) is 3.23. The predicted octanol–water partition coefficient (Wildman–Crippen LogP) is 1.40. The fourth-order valence-corrected chi connectivity index (χ4v) is 3.04. The van der Waals surface area contributed by atoms with Gasteiger partial charge in [0.1, 0.15) is 0 Å². The van der Waals surface area contributed by atoms with Crippen molar-refractivity contribution in [1.82, 2.24) is 10.2 Å². The number of nitrogens with zero attached hydrogens (tertiary/aromatic N) is 1. The monoisotopic (exact) mass is 254 g/mol. The van der Waals surface area contributed by atoms with Crippen molar-refractivity contribution < 1.29 is 9.53 Å². The third-order valence-corrected chi connectivity index (χ3v) is 3.99. The van der Waals surface area contributed by atoms with Crippen LogP contribution in [0.3, 0.4) is 0 Å². The lowest BCUT2D eigenvalue weighted by Crippen LogP contribution is -2.48. The maximum absolute atomic E-state index is 12.4. The van der Waals surface area contributed by atoms with Gasteiger partial charge in [-0.1, -0.05) is 20.8 Å². The number of amides is 1. The van der Waals surface area contributed by atoms with Gasteiger partial charge in [0.15, 0.2) is 0 Å². The topological polar surface area (TPSA) is 41.6 Å². The molecule has 1 N–H and O–H groups in total. The van der Waals surface area contributed by atoms with Gasteiger partial charge in [-0.25, -0.2) is 0 Å². The zero-order chi connectivity index (χ0) is 13.2. The molecule has 0 aromatic heterocycles. The van der Waals surface area contributed by atoms with Crippen LogP contribution in [0.1, 0.15) is 40.0 Å².